The number of hydrogen-bond donors (Lipinski definition) is 1. The second kappa shape index (κ2) is 7.31. The predicted molar refractivity (Wildman–Crippen MR) is 92.3 cm³/mol. The predicted octanol–water partition coefficient (Wildman–Crippen LogP) is 4.54. The maximum atomic E-state index is 4.71. The topological polar surface area (TPSA) is 50.7 Å². The van der Waals surface area contributed by atoms with Crippen LogP contribution in [-0.4, -0.2) is 21.5 Å². The van der Waals surface area contributed by atoms with Crippen molar-refractivity contribution >= 4 is 33.1 Å². The number of nitrogens with zero attached hydrogens (tertiary/aromatic N) is 3. The molecule has 0 unspecified atom stereocenters. The lowest BCUT2D eigenvalue weighted by Crippen LogP contribution is -2.10. The molecule has 2 rings (SSSR count). The van der Waals surface area contributed by atoms with Crippen LogP contribution in [0.25, 0.3) is 0 Å². The summed E-state index contributed by atoms with van der Waals surface area (Å²) in [4.78, 5) is 13.9. The highest BCUT2D eigenvalue weighted by atomic mass is 79.9. The zero-order valence-corrected chi connectivity index (χ0v) is 15.3. The van der Waals surface area contributed by atoms with Crippen molar-refractivity contribution in [3.05, 3.63) is 32.1 Å². The molecule has 0 spiro atoms. The van der Waals surface area contributed by atoms with Crippen molar-refractivity contribution in [1.82, 2.24) is 15.0 Å². The number of halogens is 1. The van der Waals surface area contributed by atoms with Gasteiger partial charge in [-0.1, -0.05) is 20.8 Å². The highest BCUT2D eigenvalue weighted by molar-refractivity contribution is 9.10. The number of anilines is 1. The normalized spacial score (nSPS) is 11.1. The van der Waals surface area contributed by atoms with Crippen LogP contribution in [0, 0.1) is 6.92 Å². The number of nitrogens with one attached hydrogen (secondary N) is 1. The molecule has 0 fully saturated rings. The fourth-order valence-electron chi connectivity index (χ4n) is 1.99. The zero-order valence-electron chi connectivity index (χ0n) is 12.9. The molecule has 114 valence electrons. The second-order valence-electron chi connectivity index (χ2n) is 5.30. The molecule has 21 heavy (non-hydrogen) atoms. The minimum atomic E-state index is 0.348. The third-order valence-electron chi connectivity index (χ3n) is 3.02. The SMILES string of the molecule is CCCNc1nc(Cc2csc(C)n2)nc(C(C)C)c1Br. The molecule has 1 N–H and O–H groups in total. The lowest BCUT2D eigenvalue weighted by molar-refractivity contribution is 0.780. The van der Waals surface area contributed by atoms with Crippen molar-refractivity contribution in [2.45, 2.75) is 46.5 Å². The maximum absolute atomic E-state index is 4.71. The molecule has 4 nitrogen and oxygen atoms in total. The maximum Gasteiger partial charge on any atom is 0.144 e. The largest absolute Gasteiger partial charge is 0.369 e. The van der Waals surface area contributed by atoms with E-state index >= 15 is 0 Å². The molecular weight excluding hydrogens is 348 g/mol. The Hall–Kier alpha value is -1.01. The molecule has 2 heterocycles. The minimum Gasteiger partial charge on any atom is -0.369 e. The summed E-state index contributed by atoms with van der Waals surface area (Å²) in [6.45, 7) is 9.36. The van der Waals surface area contributed by atoms with Crippen LogP contribution < -0.4 is 5.32 Å². The van der Waals surface area contributed by atoms with Gasteiger partial charge in [0.15, 0.2) is 0 Å². The molecule has 0 atom stereocenters. The lowest BCUT2D eigenvalue weighted by Gasteiger charge is -2.14. The minimum absolute atomic E-state index is 0.348. The van der Waals surface area contributed by atoms with Crippen molar-refractivity contribution < 1.29 is 0 Å². The van der Waals surface area contributed by atoms with Crippen molar-refractivity contribution in [2.24, 2.45) is 0 Å². The highest BCUT2D eigenvalue weighted by Gasteiger charge is 2.15. The first-order valence-electron chi connectivity index (χ1n) is 7.22. The van der Waals surface area contributed by atoms with E-state index in [1.54, 1.807) is 11.3 Å². The highest BCUT2D eigenvalue weighted by Crippen LogP contribution is 2.29. The number of thiazole rings is 1. The van der Waals surface area contributed by atoms with Gasteiger partial charge < -0.3 is 5.32 Å². The fourth-order valence-corrected chi connectivity index (χ4v) is 3.37. The molecule has 0 saturated heterocycles. The van der Waals surface area contributed by atoms with Crippen LogP contribution in [0.15, 0.2) is 9.85 Å². The molecule has 0 bridgehead atoms. The number of hydrogen-bond acceptors (Lipinski definition) is 5. The second-order valence-corrected chi connectivity index (χ2v) is 7.16. The molecule has 0 aliphatic carbocycles. The molecular formula is C15H21BrN4S. The lowest BCUT2D eigenvalue weighted by atomic mass is 10.1. The third-order valence-corrected chi connectivity index (χ3v) is 4.62. The zero-order chi connectivity index (χ0) is 15.4. The summed E-state index contributed by atoms with van der Waals surface area (Å²) in [6.07, 6.45) is 1.74. The molecule has 2 aromatic rings. The third kappa shape index (κ3) is 4.23. The molecule has 0 aliphatic rings. The molecule has 0 amide bonds. The summed E-state index contributed by atoms with van der Waals surface area (Å²) in [6, 6.07) is 0. The van der Waals surface area contributed by atoms with Crippen molar-refractivity contribution in [3.8, 4) is 0 Å². The van der Waals surface area contributed by atoms with Gasteiger partial charge in [0.05, 0.1) is 27.3 Å². The number of aromatic nitrogens is 3. The monoisotopic (exact) mass is 368 g/mol. The van der Waals surface area contributed by atoms with E-state index in [0.29, 0.717) is 12.3 Å². The smallest absolute Gasteiger partial charge is 0.144 e. The van der Waals surface area contributed by atoms with Crippen LogP contribution in [0.3, 0.4) is 0 Å². The van der Waals surface area contributed by atoms with Gasteiger partial charge in [-0.15, -0.1) is 11.3 Å². The summed E-state index contributed by atoms with van der Waals surface area (Å²) < 4.78 is 0.976. The van der Waals surface area contributed by atoms with Gasteiger partial charge in [0, 0.05) is 11.9 Å². The number of rotatable bonds is 6. The van der Waals surface area contributed by atoms with Gasteiger partial charge in [0.1, 0.15) is 11.6 Å². The van der Waals surface area contributed by atoms with Gasteiger partial charge in [-0.3, -0.25) is 0 Å². The first-order chi connectivity index (χ1) is 10.0. The van der Waals surface area contributed by atoms with E-state index in [1.165, 1.54) is 0 Å². The quantitative estimate of drug-likeness (QED) is 0.812. The standard InChI is InChI=1S/C15H21BrN4S/c1-5-6-17-15-13(16)14(9(2)3)19-12(20-15)7-11-8-21-10(4)18-11/h8-9H,5-7H2,1-4H3,(H,17,19,20). The van der Waals surface area contributed by atoms with E-state index in [9.17, 15) is 0 Å². The van der Waals surface area contributed by atoms with E-state index in [0.717, 1.165) is 45.5 Å². The molecule has 2 aromatic heterocycles. The Labute approximate surface area is 138 Å². The van der Waals surface area contributed by atoms with E-state index in [1.807, 2.05) is 6.92 Å². The van der Waals surface area contributed by atoms with Crippen LogP contribution in [0.2, 0.25) is 0 Å². The van der Waals surface area contributed by atoms with Gasteiger partial charge in [0.2, 0.25) is 0 Å². The Kier molecular flexibility index (Phi) is 5.70. The Morgan fingerprint density at radius 3 is 2.62 bits per heavy atom. The summed E-state index contributed by atoms with van der Waals surface area (Å²) in [5.41, 5.74) is 2.08. The molecule has 0 aromatic carbocycles. The number of aryl methyl sites for hydroxylation is 1. The van der Waals surface area contributed by atoms with Gasteiger partial charge in [0.25, 0.3) is 0 Å². The van der Waals surface area contributed by atoms with Crippen LogP contribution in [0.4, 0.5) is 5.82 Å². The molecule has 0 saturated carbocycles. The first kappa shape index (κ1) is 16.4. The Morgan fingerprint density at radius 2 is 2.05 bits per heavy atom. The summed E-state index contributed by atoms with van der Waals surface area (Å²) in [5.74, 6) is 2.06. The van der Waals surface area contributed by atoms with Gasteiger partial charge in [-0.2, -0.15) is 0 Å². The Morgan fingerprint density at radius 1 is 1.29 bits per heavy atom. The van der Waals surface area contributed by atoms with Crippen LogP contribution in [0.1, 0.15) is 55.3 Å². The van der Waals surface area contributed by atoms with E-state index < -0.39 is 0 Å². The summed E-state index contributed by atoms with van der Waals surface area (Å²) in [7, 11) is 0. The summed E-state index contributed by atoms with van der Waals surface area (Å²) >= 11 is 5.30. The van der Waals surface area contributed by atoms with Gasteiger partial charge in [-0.05, 0) is 35.2 Å². The van der Waals surface area contributed by atoms with Crippen LogP contribution >= 0.6 is 27.3 Å². The molecule has 0 aliphatic heterocycles. The molecule has 6 heteroatoms. The van der Waals surface area contributed by atoms with Crippen LogP contribution in [-0.2, 0) is 6.42 Å². The van der Waals surface area contributed by atoms with Gasteiger partial charge in [-0.25, -0.2) is 15.0 Å². The van der Waals surface area contributed by atoms with Crippen molar-refractivity contribution in [2.75, 3.05) is 11.9 Å². The Balaban J connectivity index is 2.33. The molecule has 0 radical (unpaired) electrons. The fraction of sp³-hybridized carbons (Fsp3) is 0.533. The van der Waals surface area contributed by atoms with Crippen molar-refractivity contribution in [3.63, 3.8) is 0 Å². The van der Waals surface area contributed by atoms with Crippen LogP contribution in [0.5, 0.6) is 0 Å². The first-order valence-corrected chi connectivity index (χ1v) is 8.89. The van der Waals surface area contributed by atoms with E-state index in [2.05, 4.69) is 57.4 Å². The Bertz CT molecular complexity index is 610. The summed E-state index contributed by atoms with van der Waals surface area (Å²) in [5, 5.41) is 6.53. The average Bonchev–Trinajstić information content (AvgIpc) is 2.84. The average molecular weight is 369 g/mol. The van der Waals surface area contributed by atoms with Gasteiger partial charge >= 0.3 is 0 Å². The van der Waals surface area contributed by atoms with E-state index in [4.69, 9.17) is 4.98 Å². The van der Waals surface area contributed by atoms with Crippen molar-refractivity contribution in [1.29, 1.82) is 0 Å². The van der Waals surface area contributed by atoms with E-state index in [-0.39, 0.29) is 0 Å².